The Kier molecular flexibility index (Phi) is 4.83. The maximum atomic E-state index is 11.3. The first-order valence-electron chi connectivity index (χ1n) is 3.94. The van der Waals surface area contributed by atoms with E-state index < -0.39 is 0 Å². The van der Waals surface area contributed by atoms with Crippen molar-refractivity contribution in [3.63, 3.8) is 0 Å². The standard InChI is InChI=1S/C7H17N5O/c1-5(6(13)12(3)4)10-7(9-2)11-8/h5H,8H2,1-4H3,(H2,9,10,11). The van der Waals surface area contributed by atoms with E-state index in [0.29, 0.717) is 5.96 Å². The number of hydrogen-bond donors (Lipinski definition) is 3. The summed E-state index contributed by atoms with van der Waals surface area (Å²) in [5, 5.41) is 2.82. The number of nitrogens with two attached hydrogens (primary N) is 1. The molecule has 1 unspecified atom stereocenters. The van der Waals surface area contributed by atoms with E-state index in [1.807, 2.05) is 0 Å². The summed E-state index contributed by atoms with van der Waals surface area (Å²) in [5.74, 6) is 5.50. The van der Waals surface area contributed by atoms with E-state index in [1.54, 1.807) is 28.1 Å². The van der Waals surface area contributed by atoms with Gasteiger partial charge in [-0.05, 0) is 6.92 Å². The second-order valence-electron chi connectivity index (χ2n) is 2.82. The fourth-order valence-electron chi connectivity index (χ4n) is 0.825. The fraction of sp³-hybridized carbons (Fsp3) is 0.714. The summed E-state index contributed by atoms with van der Waals surface area (Å²) >= 11 is 0. The van der Waals surface area contributed by atoms with Crippen LogP contribution < -0.4 is 16.6 Å². The lowest BCUT2D eigenvalue weighted by atomic mass is 10.3. The molecular weight excluding hydrogens is 170 g/mol. The number of nitrogens with one attached hydrogen (secondary N) is 2. The van der Waals surface area contributed by atoms with Crippen molar-refractivity contribution in [3.05, 3.63) is 0 Å². The third kappa shape index (κ3) is 3.75. The largest absolute Gasteiger partial charge is 0.347 e. The van der Waals surface area contributed by atoms with Crippen LogP contribution in [0.25, 0.3) is 0 Å². The second-order valence-corrected chi connectivity index (χ2v) is 2.82. The number of nitrogens with zero attached hydrogens (tertiary/aromatic N) is 2. The highest BCUT2D eigenvalue weighted by Crippen LogP contribution is 1.87. The van der Waals surface area contributed by atoms with Crippen LogP contribution in [0.15, 0.2) is 4.99 Å². The van der Waals surface area contributed by atoms with Crippen LogP contribution in [-0.4, -0.2) is 44.0 Å². The first-order chi connectivity index (χ1) is 6.02. The maximum Gasteiger partial charge on any atom is 0.244 e. The Balaban J connectivity index is 4.14. The molecule has 76 valence electrons. The molecule has 4 N–H and O–H groups in total. The van der Waals surface area contributed by atoms with Gasteiger partial charge in [-0.1, -0.05) is 0 Å². The van der Waals surface area contributed by atoms with E-state index in [2.05, 4.69) is 15.7 Å². The van der Waals surface area contributed by atoms with E-state index in [-0.39, 0.29) is 11.9 Å². The Morgan fingerprint density at radius 3 is 2.38 bits per heavy atom. The Morgan fingerprint density at radius 1 is 1.54 bits per heavy atom. The maximum absolute atomic E-state index is 11.3. The molecule has 0 heterocycles. The normalized spacial score (nSPS) is 13.5. The molecule has 0 aliphatic rings. The van der Waals surface area contributed by atoms with Crippen LogP contribution in [0.3, 0.4) is 0 Å². The molecule has 0 bridgehead atoms. The molecule has 0 aromatic carbocycles. The van der Waals surface area contributed by atoms with Crippen LogP contribution in [0.2, 0.25) is 0 Å². The molecule has 13 heavy (non-hydrogen) atoms. The first-order valence-corrected chi connectivity index (χ1v) is 3.94. The number of likely N-dealkylation sites (N-methyl/N-ethyl adjacent to an activating group) is 1. The third-order valence-electron chi connectivity index (χ3n) is 1.52. The van der Waals surface area contributed by atoms with Crippen LogP contribution in [-0.2, 0) is 4.79 Å². The molecule has 0 aromatic heterocycles. The molecule has 0 saturated heterocycles. The number of hydrazine groups is 1. The third-order valence-corrected chi connectivity index (χ3v) is 1.52. The van der Waals surface area contributed by atoms with E-state index >= 15 is 0 Å². The highest BCUT2D eigenvalue weighted by Gasteiger charge is 2.14. The minimum atomic E-state index is -0.343. The molecule has 0 saturated carbocycles. The zero-order valence-corrected chi connectivity index (χ0v) is 8.46. The van der Waals surface area contributed by atoms with Gasteiger partial charge >= 0.3 is 0 Å². The molecule has 0 radical (unpaired) electrons. The minimum Gasteiger partial charge on any atom is -0.347 e. The van der Waals surface area contributed by atoms with Crippen LogP contribution in [0, 0.1) is 0 Å². The lowest BCUT2D eigenvalue weighted by Crippen LogP contribution is -2.50. The van der Waals surface area contributed by atoms with Crippen molar-refractivity contribution >= 4 is 11.9 Å². The zero-order valence-electron chi connectivity index (χ0n) is 8.46. The van der Waals surface area contributed by atoms with Crippen LogP contribution in [0.5, 0.6) is 0 Å². The lowest BCUT2D eigenvalue weighted by molar-refractivity contribution is -0.130. The Labute approximate surface area is 78.2 Å². The molecule has 0 aliphatic heterocycles. The van der Waals surface area contributed by atoms with Crippen molar-refractivity contribution < 1.29 is 4.79 Å². The van der Waals surface area contributed by atoms with Crippen molar-refractivity contribution in [2.75, 3.05) is 21.1 Å². The van der Waals surface area contributed by atoms with Crippen molar-refractivity contribution in [1.82, 2.24) is 15.6 Å². The number of aliphatic imine (C=N–C) groups is 1. The molecule has 0 spiro atoms. The summed E-state index contributed by atoms with van der Waals surface area (Å²) in [6, 6.07) is -0.343. The van der Waals surface area contributed by atoms with Gasteiger partial charge in [0.25, 0.3) is 0 Å². The number of rotatable bonds is 2. The van der Waals surface area contributed by atoms with Crippen LogP contribution in [0.4, 0.5) is 0 Å². The van der Waals surface area contributed by atoms with Crippen molar-refractivity contribution in [1.29, 1.82) is 0 Å². The zero-order chi connectivity index (χ0) is 10.4. The summed E-state index contributed by atoms with van der Waals surface area (Å²) < 4.78 is 0. The van der Waals surface area contributed by atoms with Gasteiger partial charge in [0.05, 0.1) is 0 Å². The number of carbonyl (C=O) groups excluding carboxylic acids is 1. The monoisotopic (exact) mass is 187 g/mol. The van der Waals surface area contributed by atoms with Crippen molar-refractivity contribution in [2.24, 2.45) is 10.8 Å². The van der Waals surface area contributed by atoms with Gasteiger partial charge in [-0.2, -0.15) is 0 Å². The average Bonchev–Trinajstić information content (AvgIpc) is 2.12. The summed E-state index contributed by atoms with van der Waals surface area (Å²) in [7, 11) is 4.97. The van der Waals surface area contributed by atoms with Gasteiger partial charge in [0, 0.05) is 21.1 Å². The van der Waals surface area contributed by atoms with Crippen molar-refractivity contribution in [2.45, 2.75) is 13.0 Å². The van der Waals surface area contributed by atoms with Gasteiger partial charge in [0.2, 0.25) is 11.9 Å². The van der Waals surface area contributed by atoms with E-state index in [1.165, 1.54) is 4.90 Å². The number of hydrogen-bond acceptors (Lipinski definition) is 3. The molecule has 6 heteroatoms. The van der Waals surface area contributed by atoms with Gasteiger partial charge in [0.15, 0.2) is 0 Å². The van der Waals surface area contributed by atoms with E-state index in [9.17, 15) is 4.79 Å². The quantitative estimate of drug-likeness (QED) is 0.213. The average molecular weight is 187 g/mol. The topological polar surface area (TPSA) is 82.7 Å². The number of carbonyl (C=O) groups is 1. The highest BCUT2D eigenvalue weighted by molar-refractivity contribution is 5.88. The van der Waals surface area contributed by atoms with E-state index in [4.69, 9.17) is 5.84 Å². The molecule has 1 atom stereocenters. The molecule has 0 fully saturated rings. The molecule has 1 amide bonds. The van der Waals surface area contributed by atoms with Gasteiger partial charge < -0.3 is 10.2 Å². The Hall–Kier alpha value is -1.30. The number of amides is 1. The van der Waals surface area contributed by atoms with Gasteiger partial charge in [-0.3, -0.25) is 15.2 Å². The summed E-state index contributed by atoms with van der Waals surface area (Å²) in [5.41, 5.74) is 2.34. The highest BCUT2D eigenvalue weighted by atomic mass is 16.2. The van der Waals surface area contributed by atoms with Crippen LogP contribution >= 0.6 is 0 Å². The van der Waals surface area contributed by atoms with Gasteiger partial charge in [0.1, 0.15) is 6.04 Å². The summed E-state index contributed by atoms with van der Waals surface area (Å²) in [6.45, 7) is 1.74. The molecule has 0 rings (SSSR count). The van der Waals surface area contributed by atoms with E-state index in [0.717, 1.165) is 0 Å². The van der Waals surface area contributed by atoms with Gasteiger partial charge in [-0.25, -0.2) is 5.84 Å². The Morgan fingerprint density at radius 2 is 2.08 bits per heavy atom. The minimum absolute atomic E-state index is 0.0311. The fourth-order valence-corrected chi connectivity index (χ4v) is 0.825. The first kappa shape index (κ1) is 11.7. The van der Waals surface area contributed by atoms with Gasteiger partial charge in [-0.15, -0.1) is 0 Å². The van der Waals surface area contributed by atoms with Crippen LogP contribution in [0.1, 0.15) is 6.92 Å². The molecule has 0 aliphatic carbocycles. The summed E-state index contributed by atoms with van der Waals surface area (Å²) in [6.07, 6.45) is 0. The number of guanidine groups is 1. The SMILES string of the molecule is CN=C(NN)NC(C)C(=O)N(C)C. The second kappa shape index (κ2) is 5.36. The summed E-state index contributed by atoms with van der Waals surface area (Å²) in [4.78, 5) is 16.6. The Bertz CT molecular complexity index is 201. The smallest absolute Gasteiger partial charge is 0.244 e. The predicted molar refractivity (Wildman–Crippen MR) is 52.0 cm³/mol. The molecule has 6 nitrogen and oxygen atoms in total. The van der Waals surface area contributed by atoms with Crippen molar-refractivity contribution in [3.8, 4) is 0 Å². The lowest BCUT2D eigenvalue weighted by Gasteiger charge is -2.19. The predicted octanol–water partition coefficient (Wildman–Crippen LogP) is -1.50. The molecular formula is C7H17N5O. The molecule has 0 aromatic rings.